The molecule has 16 heavy (non-hydrogen) atoms. The number of nitrogens with two attached hydrogens (primary N) is 1. The van der Waals surface area contributed by atoms with Crippen molar-refractivity contribution in [3.05, 3.63) is 11.6 Å². The minimum atomic E-state index is 0.292. The summed E-state index contributed by atoms with van der Waals surface area (Å²) in [5, 5.41) is 7.22. The van der Waals surface area contributed by atoms with Gasteiger partial charge in [0.2, 0.25) is 0 Å². The van der Waals surface area contributed by atoms with Crippen molar-refractivity contribution in [2.75, 3.05) is 6.54 Å². The topological polar surface area (TPSA) is 67.6 Å². The Balaban J connectivity index is 2.41. The maximum absolute atomic E-state index is 5.59. The Morgan fingerprint density at radius 3 is 2.62 bits per heavy atom. The first-order valence-corrected chi connectivity index (χ1v) is 6.17. The molecule has 0 atom stereocenters. The van der Waals surface area contributed by atoms with Crippen LogP contribution in [0.4, 0.5) is 0 Å². The number of hydrogen-bond acceptors (Lipinski definition) is 3. The van der Waals surface area contributed by atoms with E-state index in [1.807, 2.05) is 0 Å². The van der Waals surface area contributed by atoms with Crippen molar-refractivity contribution in [2.45, 2.75) is 52.9 Å². The molecule has 0 saturated heterocycles. The smallest absolute Gasteiger partial charge is 0.150 e. The molecule has 0 bridgehead atoms. The summed E-state index contributed by atoms with van der Waals surface area (Å²) in [6, 6.07) is 0. The van der Waals surface area contributed by atoms with Gasteiger partial charge in [-0.3, -0.25) is 5.10 Å². The number of aryl methyl sites for hydroxylation is 2. The summed E-state index contributed by atoms with van der Waals surface area (Å²) >= 11 is 0. The van der Waals surface area contributed by atoms with E-state index in [1.54, 1.807) is 0 Å². The van der Waals surface area contributed by atoms with Gasteiger partial charge in [0.25, 0.3) is 0 Å². The molecule has 0 radical (unpaired) electrons. The summed E-state index contributed by atoms with van der Waals surface area (Å²) in [6.45, 7) is 7.40. The van der Waals surface area contributed by atoms with Crippen LogP contribution in [0.15, 0.2) is 0 Å². The summed E-state index contributed by atoms with van der Waals surface area (Å²) in [6.07, 6.45) is 5.17. The third kappa shape index (κ3) is 4.31. The number of aromatic nitrogens is 3. The summed E-state index contributed by atoms with van der Waals surface area (Å²) in [5.41, 5.74) is 5.88. The third-order valence-electron chi connectivity index (χ3n) is 2.91. The zero-order chi connectivity index (χ0) is 12.0. The highest BCUT2D eigenvalue weighted by Gasteiger charge is 2.17. The van der Waals surface area contributed by atoms with Gasteiger partial charge < -0.3 is 5.73 Å². The Morgan fingerprint density at radius 2 is 2.00 bits per heavy atom. The molecule has 1 aromatic rings. The molecule has 0 unspecified atom stereocenters. The predicted molar refractivity (Wildman–Crippen MR) is 66.2 cm³/mol. The van der Waals surface area contributed by atoms with Gasteiger partial charge in [0.15, 0.2) is 5.82 Å². The fourth-order valence-corrected chi connectivity index (χ4v) is 1.76. The standard InChI is InChI=1S/C12H24N4/c1-4-5-10-14-11(16-15-10)6-7-12(2,3)8-9-13/h4-9,13H2,1-3H3,(H,14,15,16). The van der Waals surface area contributed by atoms with Gasteiger partial charge in [-0.05, 0) is 31.2 Å². The number of rotatable bonds is 7. The molecular formula is C12H24N4. The molecule has 0 aliphatic rings. The van der Waals surface area contributed by atoms with Crippen LogP contribution in [0.2, 0.25) is 0 Å². The van der Waals surface area contributed by atoms with Gasteiger partial charge in [-0.1, -0.05) is 20.8 Å². The van der Waals surface area contributed by atoms with Crippen LogP contribution in [0.1, 0.15) is 51.7 Å². The molecule has 92 valence electrons. The maximum Gasteiger partial charge on any atom is 0.150 e. The monoisotopic (exact) mass is 224 g/mol. The number of aromatic amines is 1. The lowest BCUT2D eigenvalue weighted by atomic mass is 9.84. The number of hydrogen-bond donors (Lipinski definition) is 2. The molecular weight excluding hydrogens is 200 g/mol. The lowest BCUT2D eigenvalue weighted by molar-refractivity contribution is 0.311. The summed E-state index contributed by atoms with van der Waals surface area (Å²) in [4.78, 5) is 4.47. The van der Waals surface area contributed by atoms with E-state index in [1.165, 1.54) is 0 Å². The van der Waals surface area contributed by atoms with Crippen molar-refractivity contribution in [3.63, 3.8) is 0 Å². The SMILES string of the molecule is CCCc1nc(CCC(C)(C)CCN)n[nH]1. The van der Waals surface area contributed by atoms with E-state index in [0.29, 0.717) is 5.41 Å². The molecule has 0 spiro atoms. The molecule has 0 aliphatic heterocycles. The lowest BCUT2D eigenvalue weighted by Gasteiger charge is -2.22. The second-order valence-electron chi connectivity index (χ2n) is 5.15. The van der Waals surface area contributed by atoms with Crippen LogP contribution in [0, 0.1) is 5.41 Å². The van der Waals surface area contributed by atoms with Crippen molar-refractivity contribution in [1.82, 2.24) is 15.2 Å². The fourth-order valence-electron chi connectivity index (χ4n) is 1.76. The molecule has 1 heterocycles. The Hall–Kier alpha value is -0.900. The van der Waals surface area contributed by atoms with Gasteiger partial charge in [-0.15, -0.1) is 0 Å². The number of nitrogens with zero attached hydrogens (tertiary/aromatic N) is 2. The molecule has 4 heteroatoms. The molecule has 0 saturated carbocycles. The van der Waals surface area contributed by atoms with Gasteiger partial charge >= 0.3 is 0 Å². The molecule has 0 aromatic carbocycles. The number of H-pyrrole nitrogens is 1. The highest BCUT2D eigenvalue weighted by atomic mass is 15.2. The zero-order valence-corrected chi connectivity index (χ0v) is 10.7. The Bertz CT molecular complexity index is 304. The highest BCUT2D eigenvalue weighted by molar-refractivity contribution is 4.91. The first-order valence-electron chi connectivity index (χ1n) is 6.17. The van der Waals surface area contributed by atoms with Crippen LogP contribution < -0.4 is 5.73 Å². The van der Waals surface area contributed by atoms with Crippen LogP contribution in [0.5, 0.6) is 0 Å². The Morgan fingerprint density at radius 1 is 1.25 bits per heavy atom. The van der Waals surface area contributed by atoms with Crippen LogP contribution in [-0.2, 0) is 12.8 Å². The van der Waals surface area contributed by atoms with Crippen LogP contribution in [0.25, 0.3) is 0 Å². The average Bonchev–Trinajstić information content (AvgIpc) is 2.64. The zero-order valence-electron chi connectivity index (χ0n) is 10.7. The van der Waals surface area contributed by atoms with E-state index in [2.05, 4.69) is 36.0 Å². The lowest BCUT2D eigenvalue weighted by Crippen LogP contribution is -2.18. The van der Waals surface area contributed by atoms with Crippen molar-refractivity contribution < 1.29 is 0 Å². The Labute approximate surface area is 98.0 Å². The van der Waals surface area contributed by atoms with Gasteiger partial charge in [0.1, 0.15) is 5.82 Å². The van der Waals surface area contributed by atoms with Gasteiger partial charge in [0, 0.05) is 12.8 Å². The Kier molecular flexibility index (Phi) is 4.93. The van der Waals surface area contributed by atoms with Crippen molar-refractivity contribution in [2.24, 2.45) is 11.1 Å². The first kappa shape index (κ1) is 13.2. The quantitative estimate of drug-likeness (QED) is 0.745. The second kappa shape index (κ2) is 5.99. The van der Waals surface area contributed by atoms with E-state index in [9.17, 15) is 0 Å². The van der Waals surface area contributed by atoms with Crippen molar-refractivity contribution >= 4 is 0 Å². The van der Waals surface area contributed by atoms with Gasteiger partial charge in [-0.25, -0.2) is 4.98 Å². The molecule has 0 aliphatic carbocycles. The summed E-state index contributed by atoms with van der Waals surface area (Å²) in [5.74, 6) is 1.95. The van der Waals surface area contributed by atoms with E-state index in [-0.39, 0.29) is 0 Å². The third-order valence-corrected chi connectivity index (χ3v) is 2.91. The summed E-state index contributed by atoms with van der Waals surface area (Å²) in [7, 11) is 0. The molecule has 0 fully saturated rings. The van der Waals surface area contributed by atoms with Gasteiger partial charge in [0.05, 0.1) is 0 Å². The molecule has 3 N–H and O–H groups in total. The van der Waals surface area contributed by atoms with E-state index in [4.69, 9.17) is 5.73 Å². The van der Waals surface area contributed by atoms with E-state index >= 15 is 0 Å². The van der Waals surface area contributed by atoms with Crippen LogP contribution >= 0.6 is 0 Å². The fraction of sp³-hybridized carbons (Fsp3) is 0.833. The minimum Gasteiger partial charge on any atom is -0.330 e. The van der Waals surface area contributed by atoms with E-state index < -0.39 is 0 Å². The molecule has 1 rings (SSSR count). The second-order valence-corrected chi connectivity index (χ2v) is 5.15. The van der Waals surface area contributed by atoms with Gasteiger partial charge in [-0.2, -0.15) is 5.10 Å². The highest BCUT2D eigenvalue weighted by Crippen LogP contribution is 2.25. The maximum atomic E-state index is 5.59. The number of nitrogens with one attached hydrogen (secondary N) is 1. The predicted octanol–water partition coefficient (Wildman–Crippen LogP) is 2.06. The first-order chi connectivity index (χ1) is 7.57. The summed E-state index contributed by atoms with van der Waals surface area (Å²) < 4.78 is 0. The van der Waals surface area contributed by atoms with Crippen molar-refractivity contribution in [1.29, 1.82) is 0 Å². The largest absolute Gasteiger partial charge is 0.330 e. The van der Waals surface area contributed by atoms with Crippen LogP contribution in [-0.4, -0.2) is 21.7 Å². The molecule has 0 amide bonds. The molecule has 1 aromatic heterocycles. The van der Waals surface area contributed by atoms with Crippen LogP contribution in [0.3, 0.4) is 0 Å². The average molecular weight is 224 g/mol. The molecule has 4 nitrogen and oxygen atoms in total. The van der Waals surface area contributed by atoms with Crippen molar-refractivity contribution in [3.8, 4) is 0 Å². The normalized spacial score (nSPS) is 12.0. The minimum absolute atomic E-state index is 0.292. The van der Waals surface area contributed by atoms with E-state index in [0.717, 1.165) is 50.3 Å².